The molecule has 0 saturated heterocycles. The van der Waals surface area contributed by atoms with E-state index >= 15 is 0 Å². The normalized spacial score (nSPS) is 13.3. The number of rotatable bonds is 6. The van der Waals surface area contributed by atoms with Crippen molar-refractivity contribution in [3.8, 4) is 0 Å². The molecule has 1 heterocycles. The van der Waals surface area contributed by atoms with Crippen molar-refractivity contribution in [1.29, 1.82) is 0 Å². The van der Waals surface area contributed by atoms with Gasteiger partial charge in [0.25, 0.3) is 0 Å². The fraction of sp³-hybridized carbons (Fsp3) is 0.500. The van der Waals surface area contributed by atoms with E-state index in [4.69, 9.17) is 5.11 Å². The number of hydrogen-bond donors (Lipinski definition) is 3. The third-order valence-corrected chi connectivity index (χ3v) is 3.31. The van der Waals surface area contributed by atoms with Crippen molar-refractivity contribution >= 4 is 12.0 Å². The summed E-state index contributed by atoms with van der Waals surface area (Å²) in [5, 5.41) is 14.3. The maximum Gasteiger partial charge on any atom is 0.315 e. The molecule has 0 fully saturated rings. The quantitative estimate of drug-likeness (QED) is 0.739. The van der Waals surface area contributed by atoms with Crippen LogP contribution in [0, 0.1) is 12.3 Å². The van der Waals surface area contributed by atoms with E-state index in [0.29, 0.717) is 13.0 Å². The van der Waals surface area contributed by atoms with E-state index in [1.54, 1.807) is 13.8 Å². The lowest BCUT2D eigenvalue weighted by molar-refractivity contribution is -0.147. The van der Waals surface area contributed by atoms with Gasteiger partial charge in [0.2, 0.25) is 0 Å². The summed E-state index contributed by atoms with van der Waals surface area (Å²) in [6, 6.07) is 5.17. The summed E-state index contributed by atoms with van der Waals surface area (Å²) in [5.41, 5.74) is 0.699. The number of aryl methyl sites for hydroxylation is 1. The van der Waals surface area contributed by atoms with Crippen molar-refractivity contribution in [1.82, 2.24) is 15.6 Å². The molecule has 6 nitrogen and oxygen atoms in total. The maximum atomic E-state index is 11.6. The molecule has 3 N–H and O–H groups in total. The molecule has 1 aromatic heterocycles. The van der Waals surface area contributed by atoms with Crippen LogP contribution < -0.4 is 10.6 Å². The Balaban J connectivity index is 2.43. The molecule has 0 aliphatic rings. The highest BCUT2D eigenvalue weighted by atomic mass is 16.4. The molecule has 0 radical (unpaired) electrons. The van der Waals surface area contributed by atoms with Crippen molar-refractivity contribution in [3.05, 3.63) is 29.6 Å². The summed E-state index contributed by atoms with van der Waals surface area (Å²) >= 11 is 0. The van der Waals surface area contributed by atoms with E-state index in [2.05, 4.69) is 15.6 Å². The standard InChI is InChI=1S/C14H21N3O3/c1-4-14(3,12(18)19)9-16-13(20)15-8-11-7-5-6-10(2)17-11/h5-7H,4,8-9H2,1-3H3,(H,18,19)(H2,15,16,20). The predicted octanol–water partition coefficient (Wildman–Crippen LogP) is 1.69. The van der Waals surface area contributed by atoms with Crippen LogP contribution in [0.3, 0.4) is 0 Å². The Morgan fingerprint density at radius 1 is 1.35 bits per heavy atom. The molecular weight excluding hydrogens is 258 g/mol. The SMILES string of the molecule is CCC(C)(CNC(=O)NCc1cccc(C)n1)C(=O)O. The van der Waals surface area contributed by atoms with Gasteiger partial charge in [0, 0.05) is 12.2 Å². The highest BCUT2D eigenvalue weighted by Gasteiger charge is 2.31. The van der Waals surface area contributed by atoms with Gasteiger partial charge in [0.15, 0.2) is 0 Å². The average molecular weight is 279 g/mol. The number of nitrogens with zero attached hydrogens (tertiary/aromatic N) is 1. The van der Waals surface area contributed by atoms with Crippen molar-refractivity contribution in [2.45, 2.75) is 33.7 Å². The van der Waals surface area contributed by atoms with Crippen molar-refractivity contribution in [3.63, 3.8) is 0 Å². The minimum absolute atomic E-state index is 0.0892. The Bertz CT molecular complexity index is 490. The summed E-state index contributed by atoms with van der Waals surface area (Å²) in [6.07, 6.45) is 0.446. The Labute approximate surface area is 118 Å². The van der Waals surface area contributed by atoms with E-state index in [-0.39, 0.29) is 6.54 Å². The molecule has 0 spiro atoms. The molecule has 0 aliphatic heterocycles. The van der Waals surface area contributed by atoms with Crippen molar-refractivity contribution in [2.75, 3.05) is 6.54 Å². The zero-order valence-corrected chi connectivity index (χ0v) is 12.1. The van der Waals surface area contributed by atoms with Crippen LogP contribution >= 0.6 is 0 Å². The summed E-state index contributed by atoms with van der Waals surface area (Å²) in [7, 11) is 0. The summed E-state index contributed by atoms with van der Waals surface area (Å²) in [4.78, 5) is 27.0. The van der Waals surface area contributed by atoms with Gasteiger partial charge in [-0.1, -0.05) is 13.0 Å². The Morgan fingerprint density at radius 3 is 2.60 bits per heavy atom. The number of carboxylic acid groups (broad SMARTS) is 1. The van der Waals surface area contributed by atoms with Gasteiger partial charge < -0.3 is 15.7 Å². The van der Waals surface area contributed by atoms with Gasteiger partial charge in [0.05, 0.1) is 17.7 Å². The van der Waals surface area contributed by atoms with Gasteiger partial charge in [-0.05, 0) is 32.4 Å². The first kappa shape index (κ1) is 15.9. The number of amides is 2. The molecule has 1 rings (SSSR count). The Kier molecular flexibility index (Phi) is 5.49. The first-order valence-electron chi connectivity index (χ1n) is 6.55. The minimum atomic E-state index is -0.946. The van der Waals surface area contributed by atoms with Crippen LogP contribution in [0.25, 0.3) is 0 Å². The zero-order chi connectivity index (χ0) is 15.2. The van der Waals surface area contributed by atoms with Crippen LogP contribution in [0.1, 0.15) is 31.7 Å². The van der Waals surface area contributed by atoms with Crippen LogP contribution in [-0.2, 0) is 11.3 Å². The van der Waals surface area contributed by atoms with Gasteiger partial charge in [-0.2, -0.15) is 0 Å². The highest BCUT2D eigenvalue weighted by molar-refractivity contribution is 5.77. The van der Waals surface area contributed by atoms with Crippen LogP contribution in [-0.4, -0.2) is 28.6 Å². The van der Waals surface area contributed by atoms with Crippen LogP contribution in [0.4, 0.5) is 4.79 Å². The fourth-order valence-electron chi connectivity index (χ4n) is 1.56. The zero-order valence-electron chi connectivity index (χ0n) is 12.1. The molecule has 1 aromatic rings. The largest absolute Gasteiger partial charge is 0.481 e. The summed E-state index contributed by atoms with van der Waals surface area (Å²) < 4.78 is 0. The van der Waals surface area contributed by atoms with E-state index < -0.39 is 17.4 Å². The second-order valence-electron chi connectivity index (χ2n) is 5.03. The smallest absolute Gasteiger partial charge is 0.315 e. The molecule has 20 heavy (non-hydrogen) atoms. The monoisotopic (exact) mass is 279 g/mol. The lowest BCUT2D eigenvalue weighted by atomic mass is 9.88. The number of hydrogen-bond acceptors (Lipinski definition) is 3. The number of urea groups is 1. The van der Waals surface area contributed by atoms with Gasteiger partial charge in [0.1, 0.15) is 0 Å². The molecule has 1 atom stereocenters. The molecular formula is C14H21N3O3. The Hall–Kier alpha value is -2.11. The molecule has 110 valence electrons. The second-order valence-corrected chi connectivity index (χ2v) is 5.03. The van der Waals surface area contributed by atoms with E-state index in [1.807, 2.05) is 25.1 Å². The summed E-state index contributed by atoms with van der Waals surface area (Å²) in [6.45, 7) is 5.67. The first-order valence-corrected chi connectivity index (χ1v) is 6.55. The molecule has 2 amide bonds. The third-order valence-electron chi connectivity index (χ3n) is 3.31. The number of aliphatic carboxylic acids is 1. The molecule has 0 saturated carbocycles. The van der Waals surface area contributed by atoms with Gasteiger partial charge in [-0.15, -0.1) is 0 Å². The first-order chi connectivity index (χ1) is 9.37. The third kappa shape index (κ3) is 4.53. The van der Waals surface area contributed by atoms with Gasteiger partial charge in [-0.25, -0.2) is 4.79 Å². The number of carboxylic acids is 1. The van der Waals surface area contributed by atoms with Crippen molar-refractivity contribution in [2.24, 2.45) is 5.41 Å². The van der Waals surface area contributed by atoms with E-state index in [0.717, 1.165) is 11.4 Å². The number of carbonyl (C=O) groups is 2. The Morgan fingerprint density at radius 2 is 2.05 bits per heavy atom. The number of nitrogens with one attached hydrogen (secondary N) is 2. The molecule has 0 bridgehead atoms. The highest BCUT2D eigenvalue weighted by Crippen LogP contribution is 2.19. The lowest BCUT2D eigenvalue weighted by Crippen LogP contribution is -2.44. The van der Waals surface area contributed by atoms with E-state index in [1.165, 1.54) is 0 Å². The minimum Gasteiger partial charge on any atom is -0.481 e. The second kappa shape index (κ2) is 6.88. The molecule has 1 unspecified atom stereocenters. The predicted molar refractivity (Wildman–Crippen MR) is 75.2 cm³/mol. The lowest BCUT2D eigenvalue weighted by Gasteiger charge is -2.23. The van der Waals surface area contributed by atoms with Crippen LogP contribution in [0.2, 0.25) is 0 Å². The molecule has 0 aromatic carbocycles. The number of aromatic nitrogens is 1. The topological polar surface area (TPSA) is 91.3 Å². The number of carbonyl (C=O) groups excluding carboxylic acids is 1. The van der Waals surface area contributed by atoms with Crippen LogP contribution in [0.15, 0.2) is 18.2 Å². The van der Waals surface area contributed by atoms with E-state index in [9.17, 15) is 9.59 Å². The fourth-order valence-corrected chi connectivity index (χ4v) is 1.56. The molecule has 6 heteroatoms. The molecule has 0 aliphatic carbocycles. The average Bonchev–Trinajstić information content (AvgIpc) is 2.42. The van der Waals surface area contributed by atoms with Crippen molar-refractivity contribution < 1.29 is 14.7 Å². The van der Waals surface area contributed by atoms with Gasteiger partial charge in [-0.3, -0.25) is 9.78 Å². The number of pyridine rings is 1. The maximum absolute atomic E-state index is 11.6. The van der Waals surface area contributed by atoms with Crippen LogP contribution in [0.5, 0.6) is 0 Å². The van der Waals surface area contributed by atoms with Gasteiger partial charge >= 0.3 is 12.0 Å². The summed E-state index contributed by atoms with van der Waals surface area (Å²) in [5.74, 6) is -0.916.